The summed E-state index contributed by atoms with van der Waals surface area (Å²) < 4.78 is 5.50. The van der Waals surface area contributed by atoms with E-state index in [9.17, 15) is 0 Å². The third kappa shape index (κ3) is 4.93. The highest BCUT2D eigenvalue weighted by molar-refractivity contribution is 5.68. The summed E-state index contributed by atoms with van der Waals surface area (Å²) in [4.78, 5) is 2.45. The first-order chi connectivity index (χ1) is 9.45. The van der Waals surface area contributed by atoms with Crippen LogP contribution in [0.1, 0.15) is 34.6 Å². The van der Waals surface area contributed by atoms with Crippen LogP contribution >= 0.6 is 0 Å². The molecule has 0 unspecified atom stereocenters. The first-order valence-electron chi connectivity index (χ1n) is 7.47. The average Bonchev–Trinajstić information content (AvgIpc) is 2.37. The Kier molecular flexibility index (Phi) is 6.65. The molecule has 4 heteroatoms. The van der Waals surface area contributed by atoms with Gasteiger partial charge in [0.1, 0.15) is 5.75 Å². The zero-order valence-electron chi connectivity index (χ0n) is 13.4. The van der Waals surface area contributed by atoms with Gasteiger partial charge in [-0.05, 0) is 46.8 Å². The van der Waals surface area contributed by atoms with Gasteiger partial charge < -0.3 is 15.8 Å². The molecule has 0 atom stereocenters. The van der Waals surface area contributed by atoms with Crippen LogP contribution < -0.4 is 15.8 Å². The van der Waals surface area contributed by atoms with Crippen LogP contribution in [0.25, 0.3) is 0 Å². The standard InChI is InChI=1S/C16H29N3O/c1-6-20-14-7-8-15(17)16(11-14)18-9-10-19(12(2)3)13(4)5/h7-8,11-13,18H,6,9-10,17H2,1-5H3. The fourth-order valence-electron chi connectivity index (χ4n) is 2.38. The van der Waals surface area contributed by atoms with Crippen LogP contribution in [0.5, 0.6) is 5.75 Å². The number of nitrogen functional groups attached to an aromatic ring is 1. The third-order valence-corrected chi connectivity index (χ3v) is 3.35. The van der Waals surface area contributed by atoms with Crippen molar-refractivity contribution in [2.75, 3.05) is 30.7 Å². The molecule has 0 aromatic heterocycles. The van der Waals surface area contributed by atoms with Crippen molar-refractivity contribution in [3.8, 4) is 5.75 Å². The molecule has 3 N–H and O–H groups in total. The van der Waals surface area contributed by atoms with E-state index in [0.29, 0.717) is 18.7 Å². The van der Waals surface area contributed by atoms with Crippen molar-refractivity contribution in [2.45, 2.75) is 46.7 Å². The van der Waals surface area contributed by atoms with Gasteiger partial charge in [0.15, 0.2) is 0 Å². The van der Waals surface area contributed by atoms with Crippen LogP contribution in [-0.2, 0) is 0 Å². The fraction of sp³-hybridized carbons (Fsp3) is 0.625. The van der Waals surface area contributed by atoms with Gasteiger partial charge >= 0.3 is 0 Å². The maximum Gasteiger partial charge on any atom is 0.121 e. The minimum absolute atomic E-state index is 0.545. The van der Waals surface area contributed by atoms with Crippen molar-refractivity contribution >= 4 is 11.4 Å². The molecular weight excluding hydrogens is 250 g/mol. The summed E-state index contributed by atoms with van der Waals surface area (Å²) in [7, 11) is 0. The van der Waals surface area contributed by atoms with Gasteiger partial charge in [0.25, 0.3) is 0 Å². The van der Waals surface area contributed by atoms with Crippen LogP contribution in [0.4, 0.5) is 11.4 Å². The van der Waals surface area contributed by atoms with Crippen molar-refractivity contribution in [3.05, 3.63) is 18.2 Å². The summed E-state index contributed by atoms with van der Waals surface area (Å²) >= 11 is 0. The van der Waals surface area contributed by atoms with Gasteiger partial charge in [0.05, 0.1) is 18.0 Å². The van der Waals surface area contributed by atoms with Gasteiger partial charge in [-0.15, -0.1) is 0 Å². The number of nitrogens with two attached hydrogens (primary N) is 1. The van der Waals surface area contributed by atoms with Crippen LogP contribution in [0.3, 0.4) is 0 Å². The summed E-state index contributed by atoms with van der Waals surface area (Å²) in [6, 6.07) is 6.84. The van der Waals surface area contributed by atoms with Gasteiger partial charge in [-0.3, -0.25) is 4.90 Å². The summed E-state index contributed by atoms with van der Waals surface area (Å²) in [6.45, 7) is 13.4. The van der Waals surface area contributed by atoms with Gasteiger partial charge in [0.2, 0.25) is 0 Å². The van der Waals surface area contributed by atoms with Crippen LogP contribution in [0.2, 0.25) is 0 Å². The predicted molar refractivity (Wildman–Crippen MR) is 87.5 cm³/mol. The van der Waals surface area contributed by atoms with E-state index in [0.717, 1.165) is 30.2 Å². The fourth-order valence-corrected chi connectivity index (χ4v) is 2.38. The molecule has 0 bridgehead atoms. The largest absolute Gasteiger partial charge is 0.494 e. The Bertz CT molecular complexity index is 397. The van der Waals surface area contributed by atoms with Crippen molar-refractivity contribution in [2.24, 2.45) is 0 Å². The molecule has 0 fully saturated rings. The van der Waals surface area contributed by atoms with Crippen molar-refractivity contribution in [3.63, 3.8) is 0 Å². The molecule has 1 aromatic rings. The zero-order chi connectivity index (χ0) is 15.1. The molecule has 0 radical (unpaired) electrons. The summed E-state index contributed by atoms with van der Waals surface area (Å²) in [5.74, 6) is 0.855. The van der Waals surface area contributed by atoms with E-state index >= 15 is 0 Å². The average molecular weight is 279 g/mol. The first-order valence-corrected chi connectivity index (χ1v) is 7.47. The summed E-state index contributed by atoms with van der Waals surface area (Å²) in [5, 5.41) is 3.41. The molecule has 114 valence electrons. The van der Waals surface area contributed by atoms with Gasteiger partial charge in [-0.1, -0.05) is 0 Å². The van der Waals surface area contributed by atoms with Crippen LogP contribution in [0.15, 0.2) is 18.2 Å². The number of hydrogen-bond acceptors (Lipinski definition) is 4. The molecule has 0 saturated heterocycles. The van der Waals surface area contributed by atoms with E-state index < -0.39 is 0 Å². The highest BCUT2D eigenvalue weighted by Gasteiger charge is 2.12. The monoisotopic (exact) mass is 279 g/mol. The number of benzene rings is 1. The van der Waals surface area contributed by atoms with Gasteiger partial charge in [-0.2, -0.15) is 0 Å². The highest BCUT2D eigenvalue weighted by atomic mass is 16.5. The van der Waals surface area contributed by atoms with Crippen LogP contribution in [-0.4, -0.2) is 36.7 Å². The lowest BCUT2D eigenvalue weighted by Crippen LogP contribution is -2.40. The van der Waals surface area contributed by atoms with Gasteiger partial charge in [0, 0.05) is 31.2 Å². The second-order valence-electron chi connectivity index (χ2n) is 5.53. The number of nitrogens with one attached hydrogen (secondary N) is 1. The quantitative estimate of drug-likeness (QED) is 0.718. The smallest absolute Gasteiger partial charge is 0.121 e. The molecule has 0 aliphatic carbocycles. The van der Waals surface area contributed by atoms with Crippen molar-refractivity contribution in [1.29, 1.82) is 0 Å². The summed E-state index contributed by atoms with van der Waals surface area (Å²) in [5.41, 5.74) is 7.70. The van der Waals surface area contributed by atoms with Crippen molar-refractivity contribution in [1.82, 2.24) is 4.90 Å². The molecule has 0 aliphatic rings. The predicted octanol–water partition coefficient (Wildman–Crippen LogP) is 3.20. The molecule has 0 spiro atoms. The Balaban J connectivity index is 2.58. The Hall–Kier alpha value is -1.42. The second-order valence-corrected chi connectivity index (χ2v) is 5.53. The van der Waals surface area contributed by atoms with E-state index in [4.69, 9.17) is 10.5 Å². The Morgan fingerprint density at radius 2 is 1.85 bits per heavy atom. The molecule has 1 aromatic carbocycles. The van der Waals surface area contributed by atoms with E-state index in [1.807, 2.05) is 25.1 Å². The Labute approximate surface area is 123 Å². The van der Waals surface area contributed by atoms with E-state index in [1.54, 1.807) is 0 Å². The summed E-state index contributed by atoms with van der Waals surface area (Å²) in [6.07, 6.45) is 0. The minimum atomic E-state index is 0.545. The minimum Gasteiger partial charge on any atom is -0.494 e. The first kappa shape index (κ1) is 16.6. The molecule has 0 aliphatic heterocycles. The molecule has 1 rings (SSSR count). The van der Waals surface area contributed by atoms with E-state index in [2.05, 4.69) is 37.9 Å². The maximum atomic E-state index is 5.99. The molecule has 4 nitrogen and oxygen atoms in total. The van der Waals surface area contributed by atoms with Crippen molar-refractivity contribution < 1.29 is 4.74 Å². The lowest BCUT2D eigenvalue weighted by molar-refractivity contribution is 0.182. The van der Waals surface area contributed by atoms with Gasteiger partial charge in [-0.25, -0.2) is 0 Å². The number of rotatable bonds is 8. The Morgan fingerprint density at radius 3 is 2.40 bits per heavy atom. The molecule has 20 heavy (non-hydrogen) atoms. The number of ether oxygens (including phenoxy) is 1. The lowest BCUT2D eigenvalue weighted by Gasteiger charge is -2.30. The molecular formula is C16H29N3O. The maximum absolute atomic E-state index is 5.99. The number of nitrogens with zero attached hydrogens (tertiary/aromatic N) is 1. The third-order valence-electron chi connectivity index (χ3n) is 3.35. The number of anilines is 2. The number of hydrogen-bond donors (Lipinski definition) is 2. The Morgan fingerprint density at radius 1 is 1.20 bits per heavy atom. The lowest BCUT2D eigenvalue weighted by atomic mass is 10.2. The van der Waals surface area contributed by atoms with Crippen LogP contribution in [0, 0.1) is 0 Å². The SMILES string of the molecule is CCOc1ccc(N)c(NCCN(C(C)C)C(C)C)c1. The molecule has 0 heterocycles. The van der Waals surface area contributed by atoms with E-state index in [1.165, 1.54) is 0 Å². The molecule has 0 saturated carbocycles. The second kappa shape index (κ2) is 8.00. The zero-order valence-corrected chi connectivity index (χ0v) is 13.4. The highest BCUT2D eigenvalue weighted by Crippen LogP contribution is 2.24. The normalized spacial score (nSPS) is 11.4. The topological polar surface area (TPSA) is 50.5 Å². The van der Waals surface area contributed by atoms with E-state index in [-0.39, 0.29) is 0 Å². The molecule has 0 amide bonds.